The Morgan fingerprint density at radius 3 is 2.37 bits per heavy atom. The zero-order valence-corrected chi connectivity index (χ0v) is 12.5. The van der Waals surface area contributed by atoms with Gasteiger partial charge in [-0.3, -0.25) is 4.79 Å². The van der Waals surface area contributed by atoms with E-state index >= 15 is 0 Å². The molecule has 0 heterocycles. The van der Waals surface area contributed by atoms with Gasteiger partial charge in [-0.05, 0) is 32.6 Å². The molecule has 19 heavy (non-hydrogen) atoms. The lowest BCUT2D eigenvalue weighted by Gasteiger charge is -2.36. The fourth-order valence-electron chi connectivity index (χ4n) is 2.60. The summed E-state index contributed by atoms with van der Waals surface area (Å²) in [6.07, 6.45) is 4.47. The smallest absolute Gasteiger partial charge is 0.236 e. The SMILES string of the molecule is CC(C)CN(C(=O)C(C)(C)C(N)=NO)C1CCCC1. The predicted octanol–water partition coefficient (Wildman–Crippen LogP) is 2.19. The molecular formula is C14H27N3O2. The fourth-order valence-corrected chi connectivity index (χ4v) is 2.60. The number of hydrogen-bond acceptors (Lipinski definition) is 3. The number of oxime groups is 1. The molecule has 0 aromatic rings. The van der Waals surface area contributed by atoms with Crippen molar-refractivity contribution in [1.82, 2.24) is 4.90 Å². The van der Waals surface area contributed by atoms with Crippen molar-refractivity contribution in [3.8, 4) is 0 Å². The van der Waals surface area contributed by atoms with Gasteiger partial charge in [-0.2, -0.15) is 0 Å². The third kappa shape index (κ3) is 3.61. The highest BCUT2D eigenvalue weighted by Crippen LogP contribution is 2.29. The van der Waals surface area contributed by atoms with E-state index in [4.69, 9.17) is 10.9 Å². The maximum Gasteiger partial charge on any atom is 0.236 e. The minimum absolute atomic E-state index is 0.0238. The number of amidine groups is 1. The molecule has 0 atom stereocenters. The van der Waals surface area contributed by atoms with Crippen LogP contribution in [-0.2, 0) is 4.79 Å². The molecule has 5 nitrogen and oxygen atoms in total. The van der Waals surface area contributed by atoms with Gasteiger partial charge in [0, 0.05) is 12.6 Å². The highest BCUT2D eigenvalue weighted by atomic mass is 16.4. The molecule has 1 amide bonds. The molecule has 1 aliphatic carbocycles. The molecule has 1 fully saturated rings. The number of amides is 1. The number of rotatable bonds is 5. The van der Waals surface area contributed by atoms with E-state index in [9.17, 15) is 4.79 Å². The lowest BCUT2D eigenvalue weighted by atomic mass is 9.89. The molecule has 1 rings (SSSR count). The van der Waals surface area contributed by atoms with Crippen LogP contribution in [0.25, 0.3) is 0 Å². The molecule has 0 aromatic carbocycles. The van der Waals surface area contributed by atoms with Crippen LogP contribution in [0.2, 0.25) is 0 Å². The quantitative estimate of drug-likeness (QED) is 0.347. The number of nitrogens with two attached hydrogens (primary N) is 1. The molecule has 1 saturated carbocycles. The van der Waals surface area contributed by atoms with Crippen LogP contribution in [-0.4, -0.2) is 34.4 Å². The summed E-state index contributed by atoms with van der Waals surface area (Å²) in [5.74, 6) is 0.347. The van der Waals surface area contributed by atoms with Crippen LogP contribution in [0.15, 0.2) is 5.16 Å². The van der Waals surface area contributed by atoms with Crippen molar-refractivity contribution in [1.29, 1.82) is 0 Å². The summed E-state index contributed by atoms with van der Waals surface area (Å²) in [4.78, 5) is 14.7. The zero-order chi connectivity index (χ0) is 14.6. The van der Waals surface area contributed by atoms with E-state index in [0.29, 0.717) is 12.0 Å². The van der Waals surface area contributed by atoms with Crippen molar-refractivity contribution in [2.75, 3.05) is 6.54 Å². The largest absolute Gasteiger partial charge is 0.409 e. The summed E-state index contributed by atoms with van der Waals surface area (Å²) in [7, 11) is 0. The average molecular weight is 269 g/mol. The van der Waals surface area contributed by atoms with E-state index in [1.807, 2.05) is 4.90 Å². The minimum Gasteiger partial charge on any atom is -0.409 e. The van der Waals surface area contributed by atoms with Crippen LogP contribution < -0.4 is 5.73 Å². The lowest BCUT2D eigenvalue weighted by molar-refractivity contribution is -0.140. The number of carbonyl (C=O) groups is 1. The molecule has 0 saturated heterocycles. The molecule has 1 aliphatic rings. The Morgan fingerprint density at radius 2 is 1.95 bits per heavy atom. The van der Waals surface area contributed by atoms with Gasteiger partial charge >= 0.3 is 0 Å². The normalized spacial score (nSPS) is 18.1. The minimum atomic E-state index is -0.952. The van der Waals surface area contributed by atoms with Crippen molar-refractivity contribution < 1.29 is 10.0 Å². The maximum absolute atomic E-state index is 12.7. The second-order valence-corrected chi connectivity index (χ2v) is 6.40. The first-order valence-corrected chi connectivity index (χ1v) is 7.09. The first-order valence-electron chi connectivity index (χ1n) is 7.09. The second-order valence-electron chi connectivity index (χ2n) is 6.40. The maximum atomic E-state index is 12.7. The molecule has 0 spiro atoms. The zero-order valence-electron chi connectivity index (χ0n) is 12.5. The van der Waals surface area contributed by atoms with Gasteiger partial charge in [-0.15, -0.1) is 0 Å². The topological polar surface area (TPSA) is 78.9 Å². The third-order valence-corrected chi connectivity index (χ3v) is 3.87. The molecule has 0 aromatic heterocycles. The van der Waals surface area contributed by atoms with Crippen molar-refractivity contribution in [2.24, 2.45) is 22.2 Å². The van der Waals surface area contributed by atoms with Crippen molar-refractivity contribution in [3.63, 3.8) is 0 Å². The van der Waals surface area contributed by atoms with E-state index in [2.05, 4.69) is 19.0 Å². The lowest BCUT2D eigenvalue weighted by Crippen LogP contribution is -2.52. The van der Waals surface area contributed by atoms with Gasteiger partial charge in [0.2, 0.25) is 5.91 Å². The molecule has 3 N–H and O–H groups in total. The van der Waals surface area contributed by atoms with Gasteiger partial charge < -0.3 is 15.8 Å². The van der Waals surface area contributed by atoms with Gasteiger partial charge in [0.15, 0.2) is 5.84 Å². The number of nitrogens with zero attached hydrogens (tertiary/aromatic N) is 2. The van der Waals surface area contributed by atoms with E-state index in [1.165, 1.54) is 12.8 Å². The number of carbonyl (C=O) groups excluding carboxylic acids is 1. The summed E-state index contributed by atoms with van der Waals surface area (Å²) in [5.41, 5.74) is 4.72. The van der Waals surface area contributed by atoms with E-state index in [-0.39, 0.29) is 11.7 Å². The van der Waals surface area contributed by atoms with Gasteiger partial charge in [0.05, 0.1) is 0 Å². The molecule has 5 heteroatoms. The summed E-state index contributed by atoms with van der Waals surface area (Å²) in [6, 6.07) is 0.306. The highest BCUT2D eigenvalue weighted by Gasteiger charge is 2.39. The van der Waals surface area contributed by atoms with Crippen LogP contribution >= 0.6 is 0 Å². The van der Waals surface area contributed by atoms with Crippen LogP contribution in [0.4, 0.5) is 0 Å². The average Bonchev–Trinajstić information content (AvgIpc) is 2.87. The molecule has 0 unspecified atom stereocenters. The van der Waals surface area contributed by atoms with Gasteiger partial charge in [-0.25, -0.2) is 0 Å². The van der Waals surface area contributed by atoms with E-state index in [1.54, 1.807) is 13.8 Å². The summed E-state index contributed by atoms with van der Waals surface area (Å²) in [5, 5.41) is 11.9. The second kappa shape index (κ2) is 6.26. The van der Waals surface area contributed by atoms with Gasteiger partial charge in [0.1, 0.15) is 5.41 Å². The summed E-state index contributed by atoms with van der Waals surface area (Å²) in [6.45, 7) is 8.36. The van der Waals surface area contributed by atoms with Crippen molar-refractivity contribution >= 4 is 11.7 Å². The third-order valence-electron chi connectivity index (χ3n) is 3.87. The molecule has 0 aliphatic heterocycles. The monoisotopic (exact) mass is 269 g/mol. The molecular weight excluding hydrogens is 242 g/mol. The Bertz CT molecular complexity index is 345. The summed E-state index contributed by atoms with van der Waals surface area (Å²) < 4.78 is 0. The Morgan fingerprint density at radius 1 is 1.42 bits per heavy atom. The van der Waals surface area contributed by atoms with Crippen LogP contribution in [0.5, 0.6) is 0 Å². The number of hydrogen-bond donors (Lipinski definition) is 2. The standard InChI is InChI=1S/C14H27N3O2/c1-10(2)9-17(11-7-5-6-8-11)13(18)14(3,4)12(15)16-19/h10-11,19H,5-9H2,1-4H3,(H2,15,16). The molecule has 0 radical (unpaired) electrons. The Labute approximate surface area is 115 Å². The van der Waals surface area contributed by atoms with Crippen molar-refractivity contribution in [2.45, 2.75) is 59.4 Å². The highest BCUT2D eigenvalue weighted by molar-refractivity contribution is 6.06. The Kier molecular flexibility index (Phi) is 5.20. The van der Waals surface area contributed by atoms with Crippen LogP contribution in [0, 0.1) is 11.3 Å². The predicted molar refractivity (Wildman–Crippen MR) is 76.0 cm³/mol. The first kappa shape index (κ1) is 15.8. The Hall–Kier alpha value is -1.26. The first-order chi connectivity index (χ1) is 8.80. The van der Waals surface area contributed by atoms with Crippen molar-refractivity contribution in [3.05, 3.63) is 0 Å². The van der Waals surface area contributed by atoms with Gasteiger partial charge in [-0.1, -0.05) is 31.8 Å². The fraction of sp³-hybridized carbons (Fsp3) is 0.857. The summed E-state index contributed by atoms with van der Waals surface area (Å²) >= 11 is 0. The molecule has 0 bridgehead atoms. The van der Waals surface area contributed by atoms with E-state index in [0.717, 1.165) is 19.4 Å². The van der Waals surface area contributed by atoms with E-state index < -0.39 is 5.41 Å². The Balaban J connectivity index is 2.93. The van der Waals surface area contributed by atoms with Crippen LogP contribution in [0.3, 0.4) is 0 Å². The van der Waals surface area contributed by atoms with Gasteiger partial charge in [0.25, 0.3) is 0 Å². The van der Waals surface area contributed by atoms with Crippen LogP contribution in [0.1, 0.15) is 53.4 Å². The molecule has 110 valence electrons.